The van der Waals surface area contributed by atoms with Crippen LogP contribution in [0.5, 0.6) is 5.75 Å². The third-order valence-electron chi connectivity index (χ3n) is 4.62. The van der Waals surface area contributed by atoms with Crippen molar-refractivity contribution in [1.29, 1.82) is 0 Å². The fourth-order valence-electron chi connectivity index (χ4n) is 3.17. The average molecular weight is 480 g/mol. The van der Waals surface area contributed by atoms with E-state index in [-0.39, 0.29) is 40.8 Å². The second-order valence-electron chi connectivity index (χ2n) is 6.71. The largest absolute Gasteiger partial charge is 0.497 e. The summed E-state index contributed by atoms with van der Waals surface area (Å²) < 4.78 is 38.7. The van der Waals surface area contributed by atoms with Gasteiger partial charge in [0, 0.05) is 12.3 Å². The number of aromatic nitrogens is 2. The van der Waals surface area contributed by atoms with E-state index < -0.39 is 21.9 Å². The van der Waals surface area contributed by atoms with Crippen molar-refractivity contribution in [2.45, 2.75) is 31.7 Å². The van der Waals surface area contributed by atoms with E-state index in [1.807, 2.05) is 0 Å². The van der Waals surface area contributed by atoms with E-state index in [2.05, 4.69) is 5.10 Å². The molecule has 3 aromatic rings. The number of nitrogens with zero attached hydrogens (tertiary/aromatic N) is 3. The van der Waals surface area contributed by atoms with Gasteiger partial charge in [0.25, 0.3) is 10.0 Å². The third kappa shape index (κ3) is 4.56. The molecule has 170 valence electrons. The smallest absolute Gasteiger partial charge is 0.307 e. The van der Waals surface area contributed by atoms with Crippen LogP contribution in [0.1, 0.15) is 20.3 Å². The molecule has 3 rings (SSSR count). The lowest BCUT2D eigenvalue weighted by Gasteiger charge is -2.21. The number of sulfonamides is 1. The summed E-state index contributed by atoms with van der Waals surface area (Å²) in [6.07, 6.45) is 0.0391. The van der Waals surface area contributed by atoms with Crippen LogP contribution in [0, 0.1) is 0 Å². The fourth-order valence-corrected chi connectivity index (χ4v) is 4.88. The first-order chi connectivity index (χ1) is 15.2. The number of benzene rings is 2. The number of esters is 1. The van der Waals surface area contributed by atoms with Gasteiger partial charge in [0.1, 0.15) is 16.4 Å². The number of fused-ring (bicyclic) bond motifs is 1. The van der Waals surface area contributed by atoms with Gasteiger partial charge >= 0.3 is 5.97 Å². The molecule has 0 aliphatic heterocycles. The van der Waals surface area contributed by atoms with Crippen LogP contribution in [0.15, 0.2) is 47.4 Å². The standard InChI is InChI=1S/C21H22ClN3O6S/c1-4-31-19(27)12-13-24-21(22)17-6-5-7-18(20(17)23-24)25(14(2)26)32(28,29)16-10-8-15(30-3)9-11-16/h5-11H,4,12-13H2,1-3H3. The molecule has 0 saturated carbocycles. The van der Waals surface area contributed by atoms with Crippen molar-refractivity contribution in [1.82, 2.24) is 9.78 Å². The Bertz CT molecular complexity index is 1250. The summed E-state index contributed by atoms with van der Waals surface area (Å²) in [6.45, 7) is 3.25. The van der Waals surface area contributed by atoms with E-state index >= 15 is 0 Å². The Labute approximate surface area is 190 Å². The van der Waals surface area contributed by atoms with Crippen molar-refractivity contribution in [3.63, 3.8) is 0 Å². The molecule has 0 bridgehead atoms. The van der Waals surface area contributed by atoms with E-state index in [1.54, 1.807) is 19.1 Å². The highest BCUT2D eigenvalue weighted by atomic mass is 35.5. The van der Waals surface area contributed by atoms with Gasteiger partial charge in [-0.15, -0.1) is 0 Å². The molecule has 0 unspecified atom stereocenters. The highest BCUT2D eigenvalue weighted by molar-refractivity contribution is 7.93. The molecule has 0 aliphatic carbocycles. The maximum atomic E-state index is 13.3. The quantitative estimate of drug-likeness (QED) is 0.455. The molecule has 1 aromatic heterocycles. The van der Waals surface area contributed by atoms with Gasteiger partial charge in [-0.3, -0.25) is 14.3 Å². The van der Waals surface area contributed by atoms with Crippen LogP contribution in [0.4, 0.5) is 5.69 Å². The van der Waals surface area contributed by atoms with Gasteiger partial charge < -0.3 is 9.47 Å². The zero-order valence-electron chi connectivity index (χ0n) is 17.7. The molecule has 1 heterocycles. The van der Waals surface area contributed by atoms with Crippen LogP contribution < -0.4 is 9.04 Å². The molecule has 0 radical (unpaired) electrons. The molecular weight excluding hydrogens is 458 g/mol. The second kappa shape index (κ2) is 9.58. The van der Waals surface area contributed by atoms with E-state index in [4.69, 9.17) is 21.1 Å². The minimum absolute atomic E-state index is 0.0391. The van der Waals surface area contributed by atoms with Gasteiger partial charge in [0.05, 0.1) is 37.3 Å². The number of halogens is 1. The molecule has 2 aromatic carbocycles. The normalized spacial score (nSPS) is 11.4. The van der Waals surface area contributed by atoms with Crippen LogP contribution in [-0.4, -0.2) is 43.8 Å². The first-order valence-electron chi connectivity index (χ1n) is 9.71. The number of carbonyl (C=O) groups excluding carboxylic acids is 2. The number of rotatable bonds is 8. The highest BCUT2D eigenvalue weighted by Crippen LogP contribution is 2.34. The van der Waals surface area contributed by atoms with Crippen molar-refractivity contribution in [3.05, 3.63) is 47.6 Å². The Morgan fingerprint density at radius 3 is 2.44 bits per heavy atom. The first kappa shape index (κ1) is 23.6. The summed E-state index contributed by atoms with van der Waals surface area (Å²) in [5.74, 6) is -0.645. The van der Waals surface area contributed by atoms with E-state index in [1.165, 1.54) is 42.1 Å². The van der Waals surface area contributed by atoms with Crippen molar-refractivity contribution in [3.8, 4) is 5.75 Å². The molecule has 0 atom stereocenters. The predicted octanol–water partition coefficient (Wildman–Crippen LogP) is 3.39. The Morgan fingerprint density at radius 2 is 1.84 bits per heavy atom. The topological polar surface area (TPSA) is 108 Å². The number of aryl methyl sites for hydroxylation is 1. The molecule has 11 heteroatoms. The first-order valence-corrected chi connectivity index (χ1v) is 11.5. The van der Waals surface area contributed by atoms with Crippen LogP contribution in [0.25, 0.3) is 10.9 Å². The van der Waals surface area contributed by atoms with Crippen LogP contribution >= 0.6 is 11.6 Å². The molecule has 0 aliphatic rings. The zero-order chi connectivity index (χ0) is 23.5. The lowest BCUT2D eigenvalue weighted by Crippen LogP contribution is -2.35. The van der Waals surface area contributed by atoms with Crippen LogP contribution in [-0.2, 0) is 30.9 Å². The van der Waals surface area contributed by atoms with Gasteiger partial charge in [-0.25, -0.2) is 12.7 Å². The van der Waals surface area contributed by atoms with E-state index in [9.17, 15) is 18.0 Å². The number of methoxy groups -OCH3 is 1. The summed E-state index contributed by atoms with van der Waals surface area (Å²) in [5.41, 5.74) is 0.274. The Kier molecular flexibility index (Phi) is 7.05. The molecule has 9 nitrogen and oxygen atoms in total. The van der Waals surface area contributed by atoms with Gasteiger partial charge in [-0.05, 0) is 43.3 Å². The number of carbonyl (C=O) groups is 2. The third-order valence-corrected chi connectivity index (χ3v) is 6.82. The number of amides is 1. The minimum Gasteiger partial charge on any atom is -0.497 e. The minimum atomic E-state index is -4.24. The monoisotopic (exact) mass is 479 g/mol. The molecule has 32 heavy (non-hydrogen) atoms. The SMILES string of the molecule is CCOC(=O)CCn1nc2c(N(C(C)=O)S(=O)(=O)c3ccc(OC)cc3)cccc2c1Cl. The van der Waals surface area contributed by atoms with Gasteiger partial charge in [-0.2, -0.15) is 5.10 Å². The Morgan fingerprint density at radius 1 is 1.16 bits per heavy atom. The summed E-state index contributed by atoms with van der Waals surface area (Å²) in [6, 6.07) is 10.4. The number of hydrogen-bond donors (Lipinski definition) is 0. The summed E-state index contributed by atoms with van der Waals surface area (Å²) in [4.78, 5) is 24.1. The lowest BCUT2D eigenvalue weighted by molar-refractivity contribution is -0.143. The van der Waals surface area contributed by atoms with Crippen molar-refractivity contribution >= 4 is 50.1 Å². The van der Waals surface area contributed by atoms with Gasteiger partial charge in [0.15, 0.2) is 0 Å². The number of hydrogen-bond acceptors (Lipinski definition) is 7. The Hall–Kier alpha value is -3.11. The fraction of sp³-hybridized carbons (Fsp3) is 0.286. The van der Waals surface area contributed by atoms with E-state index in [0.717, 1.165) is 6.92 Å². The molecule has 1 amide bonds. The summed E-state index contributed by atoms with van der Waals surface area (Å²) in [5, 5.41) is 5.05. The van der Waals surface area contributed by atoms with Crippen LogP contribution in [0.2, 0.25) is 5.15 Å². The molecular formula is C21H22ClN3O6S. The molecule has 0 N–H and O–H groups in total. The predicted molar refractivity (Wildman–Crippen MR) is 119 cm³/mol. The van der Waals surface area contributed by atoms with Crippen LogP contribution in [0.3, 0.4) is 0 Å². The molecule has 0 fully saturated rings. The van der Waals surface area contributed by atoms with Crippen molar-refractivity contribution in [2.24, 2.45) is 0 Å². The van der Waals surface area contributed by atoms with E-state index in [0.29, 0.717) is 15.4 Å². The Balaban J connectivity index is 2.07. The average Bonchev–Trinajstić information content (AvgIpc) is 3.09. The van der Waals surface area contributed by atoms with Crippen molar-refractivity contribution < 1.29 is 27.5 Å². The van der Waals surface area contributed by atoms with Crippen molar-refractivity contribution in [2.75, 3.05) is 18.0 Å². The summed E-state index contributed by atoms with van der Waals surface area (Å²) >= 11 is 6.42. The van der Waals surface area contributed by atoms with Gasteiger partial charge in [-0.1, -0.05) is 17.7 Å². The highest BCUT2D eigenvalue weighted by Gasteiger charge is 2.31. The number of anilines is 1. The molecule has 0 saturated heterocycles. The summed E-state index contributed by atoms with van der Waals surface area (Å²) in [7, 11) is -2.78. The zero-order valence-corrected chi connectivity index (χ0v) is 19.3. The maximum Gasteiger partial charge on any atom is 0.307 e. The van der Waals surface area contributed by atoms with Gasteiger partial charge in [0.2, 0.25) is 5.91 Å². The maximum absolute atomic E-state index is 13.3. The second-order valence-corrected chi connectivity index (χ2v) is 8.85. The molecule has 0 spiro atoms. The number of ether oxygens (including phenoxy) is 2. The lowest BCUT2D eigenvalue weighted by atomic mass is 10.2.